The minimum atomic E-state index is -1.22. The van der Waals surface area contributed by atoms with E-state index in [4.69, 9.17) is 9.47 Å². The monoisotopic (exact) mass is 306 g/mol. The number of ether oxygens (including phenoxy) is 2. The molecule has 1 aliphatic heterocycles. The predicted molar refractivity (Wildman–Crippen MR) is 61.4 cm³/mol. The summed E-state index contributed by atoms with van der Waals surface area (Å²) in [6.07, 6.45) is -0.266. The van der Waals surface area contributed by atoms with E-state index in [0.717, 1.165) is 0 Å². The highest BCUT2D eigenvalue weighted by atomic mass is 79.9. The van der Waals surface area contributed by atoms with E-state index >= 15 is 0 Å². The molecule has 1 saturated heterocycles. The second-order valence-corrected chi connectivity index (χ2v) is 5.86. The van der Waals surface area contributed by atoms with E-state index in [9.17, 15) is 14.7 Å². The standard InChI is InChI=1S/C11H15BrO5/c1-5-3-11(17-6(2)13)7(4-16-10(11)15)8(12)9(5)14/h5,7-9,14H,3-4H2,1-2H3/t5-,7-,8+,9+,11-/m1/s1. The molecular weight excluding hydrogens is 292 g/mol. The van der Waals surface area contributed by atoms with Crippen LogP contribution in [-0.4, -0.2) is 40.2 Å². The van der Waals surface area contributed by atoms with Crippen molar-refractivity contribution in [3.8, 4) is 0 Å². The number of halogens is 1. The van der Waals surface area contributed by atoms with Crippen LogP contribution in [0.1, 0.15) is 20.3 Å². The van der Waals surface area contributed by atoms with Gasteiger partial charge in [0.05, 0.1) is 23.5 Å². The summed E-state index contributed by atoms with van der Waals surface area (Å²) in [6, 6.07) is 0. The average molecular weight is 307 g/mol. The van der Waals surface area contributed by atoms with Gasteiger partial charge >= 0.3 is 11.9 Å². The van der Waals surface area contributed by atoms with E-state index in [-0.39, 0.29) is 23.3 Å². The van der Waals surface area contributed by atoms with Crippen LogP contribution in [0.15, 0.2) is 0 Å². The first-order valence-corrected chi connectivity index (χ1v) is 6.49. The first kappa shape index (κ1) is 12.8. The molecule has 1 N–H and O–H groups in total. The molecule has 17 heavy (non-hydrogen) atoms. The Labute approximate surface area is 108 Å². The summed E-state index contributed by atoms with van der Waals surface area (Å²) in [5, 5.41) is 9.97. The van der Waals surface area contributed by atoms with Gasteiger partial charge in [0, 0.05) is 13.3 Å². The number of rotatable bonds is 1. The van der Waals surface area contributed by atoms with Gasteiger partial charge in [0.1, 0.15) is 0 Å². The molecule has 96 valence electrons. The summed E-state index contributed by atoms with van der Waals surface area (Å²) >= 11 is 3.38. The predicted octanol–water partition coefficient (Wildman–Crippen LogP) is 0.625. The van der Waals surface area contributed by atoms with E-state index in [0.29, 0.717) is 6.42 Å². The molecule has 5 nitrogen and oxygen atoms in total. The van der Waals surface area contributed by atoms with Crippen LogP contribution in [0.2, 0.25) is 0 Å². The Morgan fingerprint density at radius 3 is 2.88 bits per heavy atom. The topological polar surface area (TPSA) is 72.8 Å². The van der Waals surface area contributed by atoms with Gasteiger partial charge in [-0.1, -0.05) is 22.9 Å². The van der Waals surface area contributed by atoms with Gasteiger partial charge in [0.15, 0.2) is 0 Å². The Morgan fingerprint density at radius 2 is 2.29 bits per heavy atom. The summed E-state index contributed by atoms with van der Waals surface area (Å²) in [4.78, 5) is 22.7. The third kappa shape index (κ3) is 1.87. The highest BCUT2D eigenvalue weighted by Crippen LogP contribution is 2.47. The van der Waals surface area contributed by atoms with Crippen LogP contribution in [0.5, 0.6) is 0 Å². The number of cyclic esters (lactones) is 1. The summed E-state index contributed by atoms with van der Waals surface area (Å²) in [5.74, 6) is -1.47. The molecule has 2 fully saturated rings. The molecule has 0 aromatic heterocycles. The molecular formula is C11H15BrO5. The van der Waals surface area contributed by atoms with Crippen LogP contribution in [0.4, 0.5) is 0 Å². The number of carbonyl (C=O) groups is 2. The third-order valence-electron chi connectivity index (χ3n) is 3.58. The van der Waals surface area contributed by atoms with Crippen molar-refractivity contribution in [2.45, 2.75) is 36.8 Å². The highest BCUT2D eigenvalue weighted by molar-refractivity contribution is 9.09. The van der Waals surface area contributed by atoms with Crippen molar-refractivity contribution < 1.29 is 24.2 Å². The Bertz CT molecular complexity index is 358. The lowest BCUT2D eigenvalue weighted by Gasteiger charge is -2.42. The van der Waals surface area contributed by atoms with Crippen molar-refractivity contribution in [2.24, 2.45) is 11.8 Å². The van der Waals surface area contributed by atoms with Crippen molar-refractivity contribution in [2.75, 3.05) is 6.61 Å². The molecule has 2 aliphatic rings. The maximum absolute atomic E-state index is 11.9. The maximum Gasteiger partial charge on any atom is 0.351 e. The molecule has 0 bridgehead atoms. The van der Waals surface area contributed by atoms with Crippen molar-refractivity contribution in [3.05, 3.63) is 0 Å². The van der Waals surface area contributed by atoms with E-state index in [1.807, 2.05) is 6.92 Å². The SMILES string of the molecule is CC(=O)O[C@]12C[C@@H](C)[C@H](O)[C@@H](Br)[C@H]1COC2=O. The van der Waals surface area contributed by atoms with E-state index in [1.54, 1.807) is 0 Å². The smallest absolute Gasteiger partial charge is 0.351 e. The third-order valence-corrected chi connectivity index (χ3v) is 4.76. The van der Waals surface area contributed by atoms with Crippen LogP contribution in [-0.2, 0) is 19.1 Å². The summed E-state index contributed by atoms with van der Waals surface area (Å²) in [6.45, 7) is 3.27. The molecule has 0 spiro atoms. The molecule has 5 atom stereocenters. The van der Waals surface area contributed by atoms with E-state index in [2.05, 4.69) is 15.9 Å². The fourth-order valence-corrected chi connectivity index (χ4v) is 3.82. The normalized spacial score (nSPS) is 45.1. The first-order valence-electron chi connectivity index (χ1n) is 5.57. The van der Waals surface area contributed by atoms with E-state index in [1.165, 1.54) is 6.92 Å². The lowest BCUT2D eigenvalue weighted by atomic mass is 9.71. The Hall–Kier alpha value is -0.620. The number of aliphatic hydroxyl groups is 1. The van der Waals surface area contributed by atoms with Crippen molar-refractivity contribution in [1.82, 2.24) is 0 Å². The number of carbonyl (C=O) groups excluding carboxylic acids is 2. The molecule has 6 heteroatoms. The lowest BCUT2D eigenvalue weighted by molar-refractivity contribution is -0.181. The van der Waals surface area contributed by atoms with Gasteiger partial charge < -0.3 is 14.6 Å². The number of aliphatic hydroxyl groups excluding tert-OH is 1. The Balaban J connectivity index is 2.36. The molecule has 0 amide bonds. The largest absolute Gasteiger partial charge is 0.462 e. The zero-order chi connectivity index (χ0) is 12.8. The van der Waals surface area contributed by atoms with Crippen molar-refractivity contribution >= 4 is 27.9 Å². The van der Waals surface area contributed by atoms with Crippen LogP contribution in [0.3, 0.4) is 0 Å². The van der Waals surface area contributed by atoms with Crippen LogP contribution in [0.25, 0.3) is 0 Å². The fraction of sp³-hybridized carbons (Fsp3) is 0.818. The Kier molecular flexibility index (Phi) is 3.20. The van der Waals surface area contributed by atoms with Gasteiger partial charge in [0.25, 0.3) is 0 Å². The molecule has 1 saturated carbocycles. The van der Waals surface area contributed by atoms with Crippen LogP contribution < -0.4 is 0 Å². The second-order valence-electron chi connectivity index (χ2n) is 4.80. The zero-order valence-corrected chi connectivity index (χ0v) is 11.3. The number of esters is 2. The minimum absolute atomic E-state index is 0.138. The average Bonchev–Trinajstić information content (AvgIpc) is 2.53. The van der Waals surface area contributed by atoms with Crippen molar-refractivity contribution in [1.29, 1.82) is 0 Å². The quantitative estimate of drug-likeness (QED) is 0.568. The van der Waals surface area contributed by atoms with Gasteiger partial charge in [-0.05, 0) is 5.92 Å². The van der Waals surface area contributed by atoms with Gasteiger partial charge in [0.2, 0.25) is 5.60 Å². The summed E-state index contributed by atoms with van der Waals surface area (Å²) in [5.41, 5.74) is -1.22. The van der Waals surface area contributed by atoms with E-state index < -0.39 is 23.6 Å². The number of hydrogen-bond acceptors (Lipinski definition) is 5. The summed E-state index contributed by atoms with van der Waals surface area (Å²) < 4.78 is 10.3. The molecule has 2 rings (SSSR count). The molecule has 1 heterocycles. The van der Waals surface area contributed by atoms with Gasteiger partial charge in [-0.25, -0.2) is 4.79 Å². The van der Waals surface area contributed by atoms with Crippen LogP contribution in [0, 0.1) is 11.8 Å². The second kappa shape index (κ2) is 4.24. The zero-order valence-electron chi connectivity index (χ0n) is 9.68. The number of fused-ring (bicyclic) bond motifs is 1. The van der Waals surface area contributed by atoms with Crippen molar-refractivity contribution in [3.63, 3.8) is 0 Å². The van der Waals surface area contributed by atoms with Gasteiger partial charge in [-0.15, -0.1) is 0 Å². The maximum atomic E-state index is 11.9. The molecule has 0 radical (unpaired) electrons. The van der Waals surface area contributed by atoms with Crippen LogP contribution >= 0.6 is 15.9 Å². The first-order chi connectivity index (χ1) is 7.88. The molecule has 0 aromatic rings. The lowest BCUT2D eigenvalue weighted by Crippen LogP contribution is -2.57. The Morgan fingerprint density at radius 1 is 1.65 bits per heavy atom. The molecule has 1 aliphatic carbocycles. The van der Waals surface area contributed by atoms with Gasteiger partial charge in [-0.3, -0.25) is 4.79 Å². The number of hydrogen-bond donors (Lipinski definition) is 1. The number of alkyl halides is 1. The summed E-state index contributed by atoms with van der Waals surface area (Å²) in [7, 11) is 0. The fourth-order valence-electron chi connectivity index (χ4n) is 2.72. The highest BCUT2D eigenvalue weighted by Gasteiger charge is 2.63. The van der Waals surface area contributed by atoms with Gasteiger partial charge in [-0.2, -0.15) is 0 Å². The minimum Gasteiger partial charge on any atom is -0.462 e. The molecule has 0 aromatic carbocycles. The molecule has 0 unspecified atom stereocenters.